The molecule has 286 valence electrons. The molecule has 0 aromatic heterocycles. The molecule has 0 saturated carbocycles. The minimum Gasteiger partial charge on any atom is -0.489 e. The number of ether oxygens (including phenoxy) is 6. The molecule has 0 aliphatic carbocycles. The van der Waals surface area contributed by atoms with Crippen molar-refractivity contribution >= 4 is 17.9 Å². The third-order valence-electron chi connectivity index (χ3n) is 9.93. The Balaban J connectivity index is 1.22. The van der Waals surface area contributed by atoms with Crippen molar-refractivity contribution < 1.29 is 33.2 Å². The molecule has 56 heavy (non-hydrogen) atoms. The molecule has 0 amide bonds. The highest BCUT2D eigenvalue weighted by molar-refractivity contribution is 6.31. The summed E-state index contributed by atoms with van der Waals surface area (Å²) in [6.07, 6.45) is -2.34. The lowest BCUT2D eigenvalue weighted by Crippen LogP contribution is -2.65. The van der Waals surface area contributed by atoms with Crippen molar-refractivity contribution in [3.63, 3.8) is 0 Å². The molecular weight excluding hydrogens is 724 g/mol. The Morgan fingerprint density at radius 3 is 1.61 bits per heavy atom. The van der Waals surface area contributed by atoms with Gasteiger partial charge in [-0.25, -0.2) is 0 Å². The Hall–Kier alpha value is -5.12. The van der Waals surface area contributed by atoms with Gasteiger partial charge in [-0.3, -0.25) is 0 Å². The molecule has 1 heterocycles. The van der Waals surface area contributed by atoms with Crippen LogP contribution in [0.1, 0.15) is 38.9 Å². The first-order valence-electron chi connectivity index (χ1n) is 18.7. The lowest BCUT2D eigenvalue weighted by molar-refractivity contribution is -0.373. The predicted molar refractivity (Wildman–Crippen MR) is 216 cm³/mol. The molecule has 5 atom stereocenters. The van der Waals surface area contributed by atoms with Crippen molar-refractivity contribution in [3.8, 4) is 5.75 Å². The van der Waals surface area contributed by atoms with Gasteiger partial charge < -0.3 is 33.2 Å². The Labute approximate surface area is 333 Å². The topological polar surface area (TPSA) is 72.5 Å². The van der Waals surface area contributed by atoms with Gasteiger partial charge in [-0.15, -0.1) is 0 Å². The van der Waals surface area contributed by atoms with Gasteiger partial charge in [-0.1, -0.05) is 151 Å². The molecule has 0 unspecified atom stereocenters. The number of methoxy groups -OCH3 is 1. The van der Waals surface area contributed by atoms with Crippen LogP contribution in [-0.2, 0) is 67.1 Å². The monoisotopic (exact) mass is 768 g/mol. The van der Waals surface area contributed by atoms with E-state index in [0.29, 0.717) is 23.6 Å². The van der Waals surface area contributed by atoms with Crippen LogP contribution in [0.3, 0.4) is 0 Å². The van der Waals surface area contributed by atoms with Crippen LogP contribution in [-0.4, -0.2) is 37.8 Å². The maximum absolute atomic E-state index is 13.1. The number of carbonyl (C=O) groups is 1. The first kappa shape index (κ1) is 39.1. The van der Waals surface area contributed by atoms with Crippen LogP contribution in [0.25, 0.3) is 0 Å². The lowest BCUT2D eigenvalue weighted by Gasteiger charge is -2.51. The molecule has 1 saturated heterocycles. The molecule has 0 bridgehead atoms. The van der Waals surface area contributed by atoms with Gasteiger partial charge in [-0.05, 0) is 64.1 Å². The number of halogens is 1. The summed E-state index contributed by atoms with van der Waals surface area (Å²) in [5.74, 6) is -0.821. The third-order valence-corrected chi connectivity index (χ3v) is 10.3. The van der Waals surface area contributed by atoms with Crippen LogP contribution in [0.2, 0.25) is 5.02 Å². The van der Waals surface area contributed by atoms with Crippen molar-refractivity contribution in [1.82, 2.24) is 0 Å². The van der Waals surface area contributed by atoms with E-state index in [9.17, 15) is 4.79 Å². The standard InChI is InChI=1S/C48H45ClO7/c1-51-48(41-24-27-43(49)40(29-41)28-35-22-25-42(26-23-35)52-31-36-14-6-2-7-15-36)47(55-34-39-20-12-5-13-21-39)46(54-33-38-18-10-4-11-19-38)45(44(30-50)56-48)53-32-37-16-8-3-9-17-37/h2-27,29-30,44-47H,28,31-34H2,1H3/t44-,45-,46+,47-,48+/m1/s1. The predicted octanol–water partition coefficient (Wildman–Crippen LogP) is 9.66. The van der Waals surface area contributed by atoms with E-state index in [1.165, 1.54) is 0 Å². The SMILES string of the molecule is CO[C@@]1(c2ccc(Cl)c(Cc3ccc(OCc4ccccc4)cc3)c2)O[C@H](C=O)[C@@H](OCc2ccccc2)[C@H](OCc2ccccc2)[C@H]1OCc1ccccc1. The second kappa shape index (κ2) is 19.2. The first-order chi connectivity index (χ1) is 27.5. The molecule has 0 spiro atoms. The average molecular weight is 769 g/mol. The fraction of sp³-hybridized carbons (Fsp3) is 0.229. The molecule has 0 N–H and O–H groups in total. The van der Waals surface area contributed by atoms with E-state index >= 15 is 0 Å². The molecule has 7 rings (SSSR count). The van der Waals surface area contributed by atoms with Crippen LogP contribution < -0.4 is 4.74 Å². The van der Waals surface area contributed by atoms with Gasteiger partial charge in [0.1, 0.15) is 36.8 Å². The van der Waals surface area contributed by atoms with E-state index in [-0.39, 0.29) is 19.8 Å². The van der Waals surface area contributed by atoms with E-state index in [2.05, 4.69) is 0 Å². The second-order valence-corrected chi connectivity index (χ2v) is 14.1. The van der Waals surface area contributed by atoms with Crippen molar-refractivity contribution in [2.24, 2.45) is 0 Å². The van der Waals surface area contributed by atoms with Gasteiger partial charge >= 0.3 is 0 Å². The zero-order valence-corrected chi connectivity index (χ0v) is 32.0. The van der Waals surface area contributed by atoms with Crippen molar-refractivity contribution in [2.45, 2.75) is 63.1 Å². The Morgan fingerprint density at radius 2 is 1.09 bits per heavy atom. The smallest absolute Gasteiger partial charge is 0.225 e. The van der Waals surface area contributed by atoms with Crippen LogP contribution in [0, 0.1) is 0 Å². The van der Waals surface area contributed by atoms with E-state index in [1.807, 2.05) is 164 Å². The minimum absolute atomic E-state index is 0.224. The number of benzene rings is 6. The largest absolute Gasteiger partial charge is 0.489 e. The maximum atomic E-state index is 13.1. The molecule has 0 radical (unpaired) electrons. The van der Waals surface area contributed by atoms with Crippen molar-refractivity contribution in [2.75, 3.05) is 7.11 Å². The number of hydrogen-bond donors (Lipinski definition) is 0. The van der Waals surface area contributed by atoms with Crippen molar-refractivity contribution in [3.05, 3.63) is 208 Å². The summed E-state index contributed by atoms with van der Waals surface area (Å²) in [5.41, 5.74) is 6.46. The molecule has 1 aliphatic rings. The summed E-state index contributed by atoms with van der Waals surface area (Å²) in [5, 5.41) is 0.579. The fourth-order valence-electron chi connectivity index (χ4n) is 6.99. The molecule has 8 heteroatoms. The molecule has 1 aliphatic heterocycles. The number of rotatable bonds is 17. The zero-order chi connectivity index (χ0) is 38.6. The van der Waals surface area contributed by atoms with Gasteiger partial charge in [0.25, 0.3) is 0 Å². The van der Waals surface area contributed by atoms with Crippen molar-refractivity contribution in [1.29, 1.82) is 0 Å². The molecule has 1 fully saturated rings. The van der Waals surface area contributed by atoms with Gasteiger partial charge in [0.05, 0.1) is 19.8 Å². The fourth-order valence-corrected chi connectivity index (χ4v) is 7.18. The van der Waals surface area contributed by atoms with Gasteiger partial charge in [-0.2, -0.15) is 0 Å². The highest BCUT2D eigenvalue weighted by atomic mass is 35.5. The van der Waals surface area contributed by atoms with E-state index in [4.69, 9.17) is 40.0 Å². The molecule has 6 aromatic carbocycles. The summed E-state index contributed by atoms with van der Waals surface area (Å²) in [7, 11) is 1.56. The van der Waals surface area contributed by atoms with Gasteiger partial charge in [0.2, 0.25) is 5.79 Å². The third kappa shape index (κ3) is 9.63. The Bertz CT molecular complexity index is 2100. The molecule has 7 nitrogen and oxygen atoms in total. The summed E-state index contributed by atoms with van der Waals surface area (Å²) < 4.78 is 39.4. The zero-order valence-electron chi connectivity index (χ0n) is 31.2. The van der Waals surface area contributed by atoms with Crippen LogP contribution >= 0.6 is 11.6 Å². The van der Waals surface area contributed by atoms with E-state index in [0.717, 1.165) is 45.4 Å². The van der Waals surface area contributed by atoms with Gasteiger partial charge in [0.15, 0.2) is 6.29 Å². The lowest BCUT2D eigenvalue weighted by atomic mass is 9.86. The van der Waals surface area contributed by atoms with E-state index < -0.39 is 30.2 Å². The first-order valence-corrected chi connectivity index (χ1v) is 19.1. The second-order valence-electron chi connectivity index (χ2n) is 13.7. The van der Waals surface area contributed by atoms with E-state index in [1.54, 1.807) is 7.11 Å². The van der Waals surface area contributed by atoms with Crippen LogP contribution in [0.15, 0.2) is 164 Å². The summed E-state index contributed by atoms with van der Waals surface area (Å²) in [6.45, 7) is 1.18. The molecular formula is C48H45ClO7. The number of hydrogen-bond acceptors (Lipinski definition) is 7. The number of aldehydes is 1. The molecule has 6 aromatic rings. The average Bonchev–Trinajstić information content (AvgIpc) is 3.26. The highest BCUT2D eigenvalue weighted by Gasteiger charge is 2.58. The summed E-state index contributed by atoms with van der Waals surface area (Å²) in [4.78, 5) is 13.1. The Kier molecular flexibility index (Phi) is 13.4. The maximum Gasteiger partial charge on any atom is 0.225 e. The highest BCUT2D eigenvalue weighted by Crippen LogP contribution is 2.44. The number of carbonyl (C=O) groups excluding carboxylic acids is 1. The van der Waals surface area contributed by atoms with Crippen LogP contribution in [0.5, 0.6) is 5.75 Å². The normalized spacial score (nSPS) is 20.7. The summed E-state index contributed by atoms with van der Waals surface area (Å²) >= 11 is 6.89. The summed E-state index contributed by atoms with van der Waals surface area (Å²) in [6, 6.07) is 53.2. The quantitative estimate of drug-likeness (QED) is 0.0856. The van der Waals surface area contributed by atoms with Gasteiger partial charge in [0, 0.05) is 17.7 Å². The van der Waals surface area contributed by atoms with Crippen LogP contribution in [0.4, 0.5) is 0 Å². The minimum atomic E-state index is -1.59. The Morgan fingerprint density at radius 1 is 0.589 bits per heavy atom.